The first-order valence-electron chi connectivity index (χ1n) is 7.47. The number of imidazole rings is 1. The van der Waals surface area contributed by atoms with Gasteiger partial charge in [0.1, 0.15) is 17.2 Å². The van der Waals surface area contributed by atoms with Gasteiger partial charge in [0.15, 0.2) is 0 Å². The molecule has 5 heteroatoms. The van der Waals surface area contributed by atoms with Gasteiger partial charge in [0, 0.05) is 17.3 Å². The fraction of sp³-hybridized carbons (Fsp3) is 0.278. The van der Waals surface area contributed by atoms with Crippen molar-refractivity contribution in [1.82, 2.24) is 9.38 Å². The van der Waals surface area contributed by atoms with Crippen molar-refractivity contribution < 1.29 is 0 Å². The van der Waals surface area contributed by atoms with Gasteiger partial charge in [-0.2, -0.15) is 0 Å². The van der Waals surface area contributed by atoms with Crippen molar-refractivity contribution >= 4 is 34.7 Å². The summed E-state index contributed by atoms with van der Waals surface area (Å²) in [7, 11) is 0. The molecule has 23 heavy (non-hydrogen) atoms. The fourth-order valence-electron chi connectivity index (χ4n) is 2.47. The van der Waals surface area contributed by atoms with E-state index in [9.17, 15) is 0 Å². The van der Waals surface area contributed by atoms with Gasteiger partial charge in [-0.15, -0.1) is 0 Å². The molecule has 0 atom stereocenters. The third-order valence-corrected chi connectivity index (χ3v) is 4.19. The third kappa shape index (κ3) is 3.31. The normalized spacial score (nSPS) is 11.9. The van der Waals surface area contributed by atoms with Crippen LogP contribution in [0.3, 0.4) is 0 Å². The first-order chi connectivity index (χ1) is 10.7. The Kier molecular flexibility index (Phi) is 4.03. The molecule has 120 valence electrons. The minimum absolute atomic E-state index is 0.0926. The Morgan fingerprint density at radius 1 is 1.04 bits per heavy atom. The van der Waals surface area contributed by atoms with Crippen molar-refractivity contribution in [3.05, 3.63) is 52.1 Å². The zero-order chi connectivity index (χ0) is 16.8. The van der Waals surface area contributed by atoms with Crippen LogP contribution in [0.2, 0.25) is 10.0 Å². The lowest BCUT2D eigenvalue weighted by molar-refractivity contribution is 0.629. The number of aromatic nitrogens is 2. The lowest BCUT2D eigenvalue weighted by Crippen LogP contribution is -2.27. The van der Waals surface area contributed by atoms with E-state index in [1.165, 1.54) is 5.56 Å². The van der Waals surface area contributed by atoms with Crippen LogP contribution >= 0.6 is 23.2 Å². The molecule has 1 N–H and O–H groups in total. The van der Waals surface area contributed by atoms with Crippen molar-refractivity contribution in [3.8, 4) is 11.3 Å². The zero-order valence-electron chi connectivity index (χ0n) is 13.6. The van der Waals surface area contributed by atoms with E-state index in [0.29, 0.717) is 10.0 Å². The van der Waals surface area contributed by atoms with E-state index in [1.807, 2.05) is 18.2 Å². The van der Waals surface area contributed by atoms with E-state index in [2.05, 4.69) is 49.7 Å². The van der Waals surface area contributed by atoms with E-state index < -0.39 is 0 Å². The molecule has 2 heterocycles. The number of rotatable bonds is 2. The maximum atomic E-state index is 6.19. The van der Waals surface area contributed by atoms with Crippen LogP contribution in [0.1, 0.15) is 26.3 Å². The summed E-state index contributed by atoms with van der Waals surface area (Å²) >= 11 is 12.2. The molecular weight excluding hydrogens is 329 g/mol. The summed E-state index contributed by atoms with van der Waals surface area (Å²) in [6, 6.07) is 9.67. The summed E-state index contributed by atoms with van der Waals surface area (Å²) < 4.78 is 2.08. The number of benzene rings is 1. The Bertz CT molecular complexity index is 876. The van der Waals surface area contributed by atoms with Gasteiger partial charge in [0.2, 0.25) is 0 Å². The standard InChI is InChI=1S/C18H19Cl2N3/c1-11-5-8-15-21-16(12-6-7-13(19)14(20)9-12)17(23(15)10-11)22-18(2,3)4/h5-10,22H,1-4H3. The summed E-state index contributed by atoms with van der Waals surface area (Å²) in [6.07, 6.45) is 2.08. The smallest absolute Gasteiger partial charge is 0.139 e. The molecule has 0 amide bonds. The summed E-state index contributed by atoms with van der Waals surface area (Å²) in [4.78, 5) is 4.78. The highest BCUT2D eigenvalue weighted by Crippen LogP contribution is 2.34. The number of halogens is 2. The largest absolute Gasteiger partial charge is 0.365 e. The maximum absolute atomic E-state index is 6.19. The second-order valence-corrected chi connectivity index (χ2v) is 7.56. The SMILES string of the molecule is Cc1ccc2nc(-c3ccc(Cl)c(Cl)c3)c(NC(C)(C)C)n2c1. The Morgan fingerprint density at radius 2 is 1.78 bits per heavy atom. The molecule has 3 rings (SSSR count). The van der Waals surface area contributed by atoms with Gasteiger partial charge in [0.05, 0.1) is 10.0 Å². The fourth-order valence-corrected chi connectivity index (χ4v) is 2.77. The average molecular weight is 348 g/mol. The molecule has 0 aliphatic carbocycles. The lowest BCUT2D eigenvalue weighted by Gasteiger charge is -2.22. The third-order valence-electron chi connectivity index (χ3n) is 3.45. The second-order valence-electron chi connectivity index (χ2n) is 6.75. The highest BCUT2D eigenvalue weighted by molar-refractivity contribution is 6.42. The van der Waals surface area contributed by atoms with Gasteiger partial charge >= 0.3 is 0 Å². The molecule has 0 saturated carbocycles. The minimum atomic E-state index is -0.0926. The predicted octanol–water partition coefficient (Wildman–Crippen LogP) is 5.83. The first-order valence-corrected chi connectivity index (χ1v) is 8.22. The number of nitrogens with zero attached hydrogens (tertiary/aromatic N) is 2. The molecular formula is C18H19Cl2N3. The van der Waals surface area contributed by atoms with Crippen LogP contribution in [0, 0.1) is 6.92 Å². The molecule has 0 radical (unpaired) electrons. The van der Waals surface area contributed by atoms with Crippen molar-refractivity contribution in [2.24, 2.45) is 0 Å². The van der Waals surface area contributed by atoms with Crippen LogP contribution in [-0.2, 0) is 0 Å². The molecule has 3 aromatic rings. The molecule has 0 fully saturated rings. The number of anilines is 1. The molecule has 0 spiro atoms. The quantitative estimate of drug-likeness (QED) is 0.632. The molecule has 1 aromatic carbocycles. The van der Waals surface area contributed by atoms with Crippen LogP contribution < -0.4 is 5.32 Å². The van der Waals surface area contributed by atoms with Crippen LogP contribution in [0.5, 0.6) is 0 Å². The predicted molar refractivity (Wildman–Crippen MR) is 98.8 cm³/mol. The Morgan fingerprint density at radius 3 is 2.43 bits per heavy atom. The topological polar surface area (TPSA) is 29.3 Å². The van der Waals surface area contributed by atoms with Gasteiger partial charge in [-0.3, -0.25) is 4.40 Å². The van der Waals surface area contributed by atoms with Gasteiger partial charge < -0.3 is 5.32 Å². The van der Waals surface area contributed by atoms with E-state index >= 15 is 0 Å². The summed E-state index contributed by atoms with van der Waals surface area (Å²) in [5.41, 5.74) is 3.78. The summed E-state index contributed by atoms with van der Waals surface area (Å²) in [5, 5.41) is 4.63. The van der Waals surface area contributed by atoms with Gasteiger partial charge in [0.25, 0.3) is 0 Å². The molecule has 2 aromatic heterocycles. The first kappa shape index (κ1) is 16.2. The number of nitrogens with one attached hydrogen (secondary N) is 1. The molecule has 0 saturated heterocycles. The van der Waals surface area contributed by atoms with E-state index in [4.69, 9.17) is 28.2 Å². The average Bonchev–Trinajstić information content (AvgIpc) is 2.78. The van der Waals surface area contributed by atoms with Crippen molar-refractivity contribution in [3.63, 3.8) is 0 Å². The number of aryl methyl sites for hydroxylation is 1. The highest BCUT2D eigenvalue weighted by Gasteiger charge is 2.19. The van der Waals surface area contributed by atoms with Crippen molar-refractivity contribution in [1.29, 1.82) is 0 Å². The minimum Gasteiger partial charge on any atom is -0.365 e. The van der Waals surface area contributed by atoms with E-state index in [1.54, 1.807) is 6.07 Å². The van der Waals surface area contributed by atoms with E-state index in [0.717, 1.165) is 22.7 Å². The number of pyridine rings is 1. The molecule has 3 nitrogen and oxygen atoms in total. The van der Waals surface area contributed by atoms with Gasteiger partial charge in [-0.05, 0) is 51.5 Å². The molecule has 0 aliphatic heterocycles. The Labute approximate surface area is 146 Å². The summed E-state index contributed by atoms with van der Waals surface area (Å²) in [6.45, 7) is 8.45. The van der Waals surface area contributed by atoms with Crippen LogP contribution in [0.25, 0.3) is 16.9 Å². The number of fused-ring (bicyclic) bond motifs is 1. The molecule has 0 unspecified atom stereocenters. The van der Waals surface area contributed by atoms with Crippen LogP contribution in [0.4, 0.5) is 5.82 Å². The molecule has 0 bridgehead atoms. The second kappa shape index (κ2) is 5.73. The number of hydrogen-bond donors (Lipinski definition) is 1. The number of hydrogen-bond acceptors (Lipinski definition) is 2. The summed E-state index contributed by atoms with van der Waals surface area (Å²) in [5.74, 6) is 0.953. The monoisotopic (exact) mass is 347 g/mol. The van der Waals surface area contributed by atoms with Crippen molar-refractivity contribution in [2.45, 2.75) is 33.2 Å². The maximum Gasteiger partial charge on any atom is 0.139 e. The zero-order valence-corrected chi connectivity index (χ0v) is 15.1. The Hall–Kier alpha value is -1.71. The van der Waals surface area contributed by atoms with E-state index in [-0.39, 0.29) is 5.54 Å². The van der Waals surface area contributed by atoms with Gasteiger partial charge in [-0.25, -0.2) is 4.98 Å². The Balaban J connectivity index is 2.26. The van der Waals surface area contributed by atoms with Crippen molar-refractivity contribution in [2.75, 3.05) is 5.32 Å². The van der Waals surface area contributed by atoms with Crippen LogP contribution in [0.15, 0.2) is 36.5 Å². The lowest BCUT2D eigenvalue weighted by atomic mass is 10.1. The molecule has 0 aliphatic rings. The van der Waals surface area contributed by atoms with Gasteiger partial charge in [-0.1, -0.05) is 35.3 Å². The highest BCUT2D eigenvalue weighted by atomic mass is 35.5. The van der Waals surface area contributed by atoms with Crippen LogP contribution in [-0.4, -0.2) is 14.9 Å².